The lowest BCUT2D eigenvalue weighted by atomic mass is 10.1. The highest BCUT2D eigenvalue weighted by molar-refractivity contribution is 5.83. The van der Waals surface area contributed by atoms with Crippen LogP contribution in [0, 0.1) is 0 Å². The van der Waals surface area contributed by atoms with E-state index in [0.29, 0.717) is 5.56 Å². The largest absolute Gasteiger partial charge is 0.479 e. The lowest BCUT2D eigenvalue weighted by Crippen LogP contribution is -2.48. The predicted molar refractivity (Wildman–Crippen MR) is 76.9 cm³/mol. The second-order valence-electron chi connectivity index (χ2n) is 5.11. The molecule has 0 bridgehead atoms. The summed E-state index contributed by atoms with van der Waals surface area (Å²) in [5.41, 5.74) is 0.537. The normalized spacial score (nSPS) is 22.5. The fourth-order valence-electron chi connectivity index (χ4n) is 2.65. The zero-order valence-electron chi connectivity index (χ0n) is 11.9. The number of methoxy groups -OCH3 is 1. The number of carbonyl (C=O) groups is 2. The van der Waals surface area contributed by atoms with Crippen LogP contribution in [0.2, 0.25) is 0 Å². The molecule has 1 aromatic carbocycles. The van der Waals surface area contributed by atoms with E-state index in [0.717, 1.165) is 19.3 Å². The molecule has 1 saturated carbocycles. The SMILES string of the molecule is COC1CCCC1NC(=O)N[C@@H](C(=O)O)c1ccccc1. The summed E-state index contributed by atoms with van der Waals surface area (Å²) in [6.45, 7) is 0. The Morgan fingerprint density at radius 1 is 1.29 bits per heavy atom. The van der Waals surface area contributed by atoms with Gasteiger partial charge in [-0.1, -0.05) is 30.3 Å². The van der Waals surface area contributed by atoms with Crippen molar-refractivity contribution < 1.29 is 19.4 Å². The molecule has 114 valence electrons. The van der Waals surface area contributed by atoms with Crippen molar-refractivity contribution >= 4 is 12.0 Å². The van der Waals surface area contributed by atoms with E-state index in [1.165, 1.54) is 0 Å². The summed E-state index contributed by atoms with van der Waals surface area (Å²) in [4.78, 5) is 23.3. The molecule has 1 aliphatic carbocycles. The number of carbonyl (C=O) groups excluding carboxylic acids is 1. The van der Waals surface area contributed by atoms with Crippen LogP contribution in [0.15, 0.2) is 30.3 Å². The third kappa shape index (κ3) is 3.95. The van der Waals surface area contributed by atoms with Gasteiger partial charge in [0.2, 0.25) is 0 Å². The Morgan fingerprint density at radius 3 is 2.62 bits per heavy atom. The highest BCUT2D eigenvalue weighted by atomic mass is 16.5. The van der Waals surface area contributed by atoms with Crippen molar-refractivity contribution in [2.24, 2.45) is 0 Å². The average molecular weight is 292 g/mol. The first kappa shape index (κ1) is 15.3. The summed E-state index contributed by atoms with van der Waals surface area (Å²) in [7, 11) is 1.62. The van der Waals surface area contributed by atoms with Gasteiger partial charge in [0.1, 0.15) is 0 Å². The molecule has 2 amide bonds. The molecule has 0 heterocycles. The molecule has 1 aliphatic rings. The van der Waals surface area contributed by atoms with E-state index in [4.69, 9.17) is 4.74 Å². The zero-order valence-corrected chi connectivity index (χ0v) is 11.9. The number of hydrogen-bond donors (Lipinski definition) is 3. The van der Waals surface area contributed by atoms with E-state index >= 15 is 0 Å². The van der Waals surface area contributed by atoms with Gasteiger partial charge in [0.15, 0.2) is 6.04 Å². The lowest BCUT2D eigenvalue weighted by molar-refractivity contribution is -0.139. The first-order valence-electron chi connectivity index (χ1n) is 6.99. The second-order valence-corrected chi connectivity index (χ2v) is 5.11. The molecule has 0 spiro atoms. The van der Waals surface area contributed by atoms with Gasteiger partial charge in [-0.3, -0.25) is 0 Å². The molecule has 0 saturated heterocycles. The molecular weight excluding hydrogens is 272 g/mol. The maximum absolute atomic E-state index is 12.0. The Balaban J connectivity index is 1.97. The second kappa shape index (κ2) is 7.08. The molecule has 6 heteroatoms. The predicted octanol–water partition coefficient (Wildman–Crippen LogP) is 1.68. The molecule has 0 radical (unpaired) electrons. The Labute approximate surface area is 123 Å². The zero-order chi connectivity index (χ0) is 15.2. The minimum atomic E-state index is -1.09. The number of nitrogens with one attached hydrogen (secondary N) is 2. The van der Waals surface area contributed by atoms with Crippen LogP contribution in [0.4, 0.5) is 4.79 Å². The minimum absolute atomic E-state index is 0.00393. The van der Waals surface area contributed by atoms with Crippen molar-refractivity contribution in [1.82, 2.24) is 10.6 Å². The first-order chi connectivity index (χ1) is 10.1. The van der Waals surface area contributed by atoms with Crippen LogP contribution in [0.3, 0.4) is 0 Å². The maximum atomic E-state index is 12.0. The summed E-state index contributed by atoms with van der Waals surface area (Å²) < 4.78 is 5.30. The van der Waals surface area contributed by atoms with Gasteiger partial charge in [0.25, 0.3) is 0 Å². The number of ether oxygens (including phenoxy) is 1. The number of benzene rings is 1. The fourth-order valence-corrected chi connectivity index (χ4v) is 2.65. The highest BCUT2D eigenvalue weighted by Crippen LogP contribution is 2.21. The maximum Gasteiger partial charge on any atom is 0.330 e. The molecule has 6 nitrogen and oxygen atoms in total. The van der Waals surface area contributed by atoms with Crippen LogP contribution < -0.4 is 10.6 Å². The van der Waals surface area contributed by atoms with E-state index < -0.39 is 18.0 Å². The van der Waals surface area contributed by atoms with Gasteiger partial charge in [0, 0.05) is 7.11 Å². The minimum Gasteiger partial charge on any atom is -0.479 e. The molecule has 0 aromatic heterocycles. The number of carboxylic acid groups (broad SMARTS) is 1. The van der Waals surface area contributed by atoms with Gasteiger partial charge in [0.05, 0.1) is 12.1 Å². The third-order valence-electron chi connectivity index (χ3n) is 3.73. The van der Waals surface area contributed by atoms with Crippen LogP contribution in [-0.4, -0.2) is 36.4 Å². The molecule has 1 aromatic rings. The lowest BCUT2D eigenvalue weighted by Gasteiger charge is -2.22. The number of rotatable bonds is 5. The molecular formula is C15H20N2O4. The van der Waals surface area contributed by atoms with Crippen molar-refractivity contribution in [3.8, 4) is 0 Å². The molecule has 0 aliphatic heterocycles. The van der Waals surface area contributed by atoms with Crippen LogP contribution in [-0.2, 0) is 9.53 Å². The van der Waals surface area contributed by atoms with Crippen LogP contribution in [0.5, 0.6) is 0 Å². The number of urea groups is 1. The molecule has 2 unspecified atom stereocenters. The van der Waals surface area contributed by atoms with Gasteiger partial charge < -0.3 is 20.5 Å². The average Bonchev–Trinajstić information content (AvgIpc) is 2.92. The van der Waals surface area contributed by atoms with Crippen molar-refractivity contribution in [3.05, 3.63) is 35.9 Å². The number of amides is 2. The summed E-state index contributed by atoms with van der Waals surface area (Å²) in [5.74, 6) is -1.09. The van der Waals surface area contributed by atoms with Crippen molar-refractivity contribution in [1.29, 1.82) is 0 Å². The quantitative estimate of drug-likeness (QED) is 0.770. The summed E-state index contributed by atoms with van der Waals surface area (Å²) in [5, 5.41) is 14.6. The van der Waals surface area contributed by atoms with E-state index in [1.54, 1.807) is 37.4 Å². The summed E-state index contributed by atoms with van der Waals surface area (Å²) >= 11 is 0. The van der Waals surface area contributed by atoms with Gasteiger partial charge >= 0.3 is 12.0 Å². The van der Waals surface area contributed by atoms with Crippen molar-refractivity contribution in [2.45, 2.75) is 37.5 Å². The Kier molecular flexibility index (Phi) is 5.16. The topological polar surface area (TPSA) is 87.7 Å². The van der Waals surface area contributed by atoms with Gasteiger partial charge in [-0.25, -0.2) is 9.59 Å². The van der Waals surface area contributed by atoms with Gasteiger partial charge in [-0.2, -0.15) is 0 Å². The summed E-state index contributed by atoms with van der Waals surface area (Å²) in [6.07, 6.45) is 2.73. The van der Waals surface area contributed by atoms with Crippen molar-refractivity contribution in [3.63, 3.8) is 0 Å². The van der Waals surface area contributed by atoms with Crippen molar-refractivity contribution in [2.75, 3.05) is 7.11 Å². The van der Waals surface area contributed by atoms with Crippen LogP contribution in [0.1, 0.15) is 30.9 Å². The highest BCUT2D eigenvalue weighted by Gasteiger charge is 2.30. The van der Waals surface area contributed by atoms with E-state index in [9.17, 15) is 14.7 Å². The first-order valence-corrected chi connectivity index (χ1v) is 6.99. The third-order valence-corrected chi connectivity index (χ3v) is 3.73. The Morgan fingerprint density at radius 2 is 2.00 bits per heavy atom. The van der Waals surface area contributed by atoms with E-state index in [-0.39, 0.29) is 12.1 Å². The van der Waals surface area contributed by atoms with Crippen LogP contribution in [0.25, 0.3) is 0 Å². The number of aliphatic carboxylic acids is 1. The molecule has 2 rings (SSSR count). The summed E-state index contributed by atoms with van der Waals surface area (Å²) in [6, 6.07) is 7.00. The van der Waals surface area contributed by atoms with Gasteiger partial charge in [-0.05, 0) is 24.8 Å². The molecule has 21 heavy (non-hydrogen) atoms. The Hall–Kier alpha value is -2.08. The van der Waals surface area contributed by atoms with Gasteiger partial charge in [-0.15, -0.1) is 0 Å². The Bertz CT molecular complexity index is 492. The fraction of sp³-hybridized carbons (Fsp3) is 0.467. The molecule has 3 N–H and O–H groups in total. The number of hydrogen-bond acceptors (Lipinski definition) is 3. The van der Waals surface area contributed by atoms with E-state index in [1.807, 2.05) is 0 Å². The molecule has 3 atom stereocenters. The smallest absolute Gasteiger partial charge is 0.330 e. The standard InChI is InChI=1S/C15H20N2O4/c1-21-12-9-5-8-11(12)16-15(20)17-13(14(18)19)10-6-3-2-4-7-10/h2-4,6-7,11-13H,5,8-9H2,1H3,(H,18,19)(H2,16,17,20)/t11?,12?,13-/m1/s1. The van der Waals surface area contributed by atoms with Crippen LogP contribution >= 0.6 is 0 Å². The number of carboxylic acids is 1. The van der Waals surface area contributed by atoms with E-state index in [2.05, 4.69) is 10.6 Å². The molecule has 1 fully saturated rings. The monoisotopic (exact) mass is 292 g/mol.